The Morgan fingerprint density at radius 1 is 1.23 bits per heavy atom. The van der Waals surface area contributed by atoms with Gasteiger partial charge in [0.05, 0.1) is 42.7 Å². The van der Waals surface area contributed by atoms with Crippen LogP contribution in [0.25, 0.3) is 22.4 Å². The van der Waals surface area contributed by atoms with E-state index >= 15 is 0 Å². The van der Waals surface area contributed by atoms with Gasteiger partial charge in [-0.3, -0.25) is 0 Å². The van der Waals surface area contributed by atoms with E-state index in [0.29, 0.717) is 49.9 Å². The summed E-state index contributed by atoms with van der Waals surface area (Å²) in [4.78, 5) is 14.0. The molecule has 0 bridgehead atoms. The lowest BCUT2D eigenvalue weighted by Crippen LogP contribution is -2.43. The van der Waals surface area contributed by atoms with Crippen LogP contribution in [0.15, 0.2) is 53.1 Å². The van der Waals surface area contributed by atoms with Crippen molar-refractivity contribution in [3.05, 3.63) is 53.1 Å². The predicted octanol–water partition coefficient (Wildman–Crippen LogP) is 5.19. The van der Waals surface area contributed by atoms with E-state index in [1.807, 2.05) is 11.0 Å². The molecule has 1 aliphatic rings. The molecule has 0 fully saturated rings. The van der Waals surface area contributed by atoms with Crippen LogP contribution in [0.2, 0.25) is 0 Å². The quantitative estimate of drug-likeness (QED) is 0.353. The van der Waals surface area contributed by atoms with Gasteiger partial charge in [-0.05, 0) is 46.3 Å². The Bertz CT molecular complexity index is 1380. The van der Waals surface area contributed by atoms with Gasteiger partial charge in [-0.25, -0.2) is 9.97 Å². The number of halogens is 4. The minimum atomic E-state index is -4.81. The van der Waals surface area contributed by atoms with Crippen LogP contribution >= 0.6 is 15.9 Å². The van der Waals surface area contributed by atoms with Crippen molar-refractivity contribution in [1.29, 1.82) is 0 Å². The summed E-state index contributed by atoms with van der Waals surface area (Å²) in [7, 11) is 1.55. The van der Waals surface area contributed by atoms with E-state index in [-0.39, 0.29) is 25.0 Å². The Kier molecular flexibility index (Phi) is 5.93. The summed E-state index contributed by atoms with van der Waals surface area (Å²) in [5.41, 5.74) is 2.04. The molecule has 0 saturated carbocycles. The normalized spacial score (nSPS) is 15.6. The zero-order chi connectivity index (χ0) is 24.7. The molecule has 3 heterocycles. The summed E-state index contributed by atoms with van der Waals surface area (Å²) in [5.74, 6) is 1.70. The van der Waals surface area contributed by atoms with Gasteiger partial charge in [-0.15, -0.1) is 13.2 Å². The van der Waals surface area contributed by atoms with E-state index in [4.69, 9.17) is 9.47 Å². The zero-order valence-corrected chi connectivity index (χ0v) is 19.7. The molecule has 35 heavy (non-hydrogen) atoms. The molecule has 1 atom stereocenters. The van der Waals surface area contributed by atoms with Gasteiger partial charge in [-0.1, -0.05) is 6.07 Å². The summed E-state index contributed by atoms with van der Waals surface area (Å²) in [6.45, 7) is 0.0126. The second kappa shape index (κ2) is 8.93. The molecule has 2 aromatic heterocycles. The first kappa shape index (κ1) is 23.2. The van der Waals surface area contributed by atoms with Gasteiger partial charge in [0, 0.05) is 10.5 Å². The number of ether oxygens (including phenoxy) is 3. The van der Waals surface area contributed by atoms with Gasteiger partial charge in [0.25, 0.3) is 0 Å². The Morgan fingerprint density at radius 2 is 2.06 bits per heavy atom. The van der Waals surface area contributed by atoms with Crippen molar-refractivity contribution in [2.75, 3.05) is 25.2 Å². The molecule has 1 aliphatic heterocycles. The second-order valence-electron chi connectivity index (χ2n) is 7.66. The van der Waals surface area contributed by atoms with Gasteiger partial charge in [0.15, 0.2) is 5.75 Å². The number of nitrogens with zero attached hydrogens (tertiary/aromatic N) is 3. The van der Waals surface area contributed by atoms with Gasteiger partial charge >= 0.3 is 6.36 Å². The first-order valence-electron chi connectivity index (χ1n) is 10.4. The Labute approximate surface area is 205 Å². The van der Waals surface area contributed by atoms with E-state index in [2.05, 4.69) is 35.6 Å². The summed E-state index contributed by atoms with van der Waals surface area (Å²) in [5, 5.41) is 9.98. The lowest BCUT2D eigenvalue weighted by molar-refractivity contribution is -0.274. The molecule has 182 valence electrons. The number of anilines is 2. The number of benzene rings is 2. The number of methoxy groups -OCH3 is 1. The standard InChI is InChI=1S/C23H18BrF3N4O4/c1-33-13-5-6-19(28-9-13)31-12(10-32)11-34-21-15(3-2-4-18(21)31)22-29-17-8-14(35-23(25,26)27)7-16(24)20(17)30-22/h2-9,12,32H,10-11H2,1H3,(H,29,30). The molecule has 5 rings (SSSR count). The van der Waals surface area contributed by atoms with E-state index < -0.39 is 6.36 Å². The van der Waals surface area contributed by atoms with Gasteiger partial charge in [0.1, 0.15) is 35.3 Å². The Morgan fingerprint density at radius 3 is 2.74 bits per heavy atom. The Balaban J connectivity index is 1.59. The molecule has 12 heteroatoms. The van der Waals surface area contributed by atoms with E-state index in [1.54, 1.807) is 37.6 Å². The van der Waals surface area contributed by atoms with Crippen LogP contribution in [0.1, 0.15) is 0 Å². The highest BCUT2D eigenvalue weighted by atomic mass is 79.9. The van der Waals surface area contributed by atoms with Crippen molar-refractivity contribution in [1.82, 2.24) is 15.0 Å². The van der Waals surface area contributed by atoms with E-state index in [9.17, 15) is 18.3 Å². The molecular formula is C23H18BrF3N4O4. The van der Waals surface area contributed by atoms with Crippen molar-refractivity contribution < 1.29 is 32.5 Å². The average Bonchev–Trinajstić information content (AvgIpc) is 3.26. The topological polar surface area (TPSA) is 92.7 Å². The van der Waals surface area contributed by atoms with Crippen molar-refractivity contribution in [2.45, 2.75) is 12.4 Å². The number of imidazole rings is 1. The predicted molar refractivity (Wildman–Crippen MR) is 125 cm³/mol. The van der Waals surface area contributed by atoms with Gasteiger partial charge in [0.2, 0.25) is 0 Å². The third-order valence-corrected chi connectivity index (χ3v) is 6.06. The molecule has 8 nitrogen and oxygen atoms in total. The lowest BCUT2D eigenvalue weighted by Gasteiger charge is -2.37. The third-order valence-electron chi connectivity index (χ3n) is 5.46. The number of rotatable bonds is 5. The van der Waals surface area contributed by atoms with Crippen LogP contribution in [0.4, 0.5) is 24.7 Å². The first-order chi connectivity index (χ1) is 16.8. The molecule has 1 unspecified atom stereocenters. The van der Waals surface area contributed by atoms with Crippen molar-refractivity contribution >= 4 is 38.5 Å². The molecule has 0 amide bonds. The van der Waals surface area contributed by atoms with Gasteiger partial charge in [-0.2, -0.15) is 0 Å². The molecular weight excluding hydrogens is 533 g/mol. The van der Waals surface area contributed by atoms with Crippen LogP contribution in [0.3, 0.4) is 0 Å². The fraction of sp³-hybridized carbons (Fsp3) is 0.217. The number of H-pyrrole nitrogens is 1. The number of aliphatic hydroxyl groups is 1. The smallest absolute Gasteiger partial charge is 0.495 e. The number of nitrogens with one attached hydrogen (secondary N) is 1. The fourth-order valence-corrected chi connectivity index (χ4v) is 4.48. The zero-order valence-electron chi connectivity index (χ0n) is 18.1. The SMILES string of the molecule is COc1ccc(N2c3cccc(-c4nc5c(Br)cc(OC(F)(F)F)cc5[nH]4)c3OCC2CO)nc1. The van der Waals surface area contributed by atoms with Crippen LogP contribution in [-0.4, -0.2) is 52.8 Å². The first-order valence-corrected chi connectivity index (χ1v) is 11.2. The number of fused-ring (bicyclic) bond motifs is 2. The fourth-order valence-electron chi connectivity index (χ4n) is 3.95. The maximum Gasteiger partial charge on any atom is 0.573 e. The summed E-state index contributed by atoms with van der Waals surface area (Å²) >= 11 is 3.27. The number of para-hydroxylation sites is 1. The van der Waals surface area contributed by atoms with Crippen molar-refractivity contribution in [3.63, 3.8) is 0 Å². The van der Waals surface area contributed by atoms with Crippen LogP contribution in [0, 0.1) is 0 Å². The molecule has 0 aliphatic carbocycles. The maximum absolute atomic E-state index is 12.7. The highest BCUT2D eigenvalue weighted by molar-refractivity contribution is 9.10. The van der Waals surface area contributed by atoms with Gasteiger partial charge < -0.3 is 29.2 Å². The van der Waals surface area contributed by atoms with Crippen molar-refractivity contribution in [3.8, 4) is 28.6 Å². The maximum atomic E-state index is 12.7. The van der Waals surface area contributed by atoms with Crippen LogP contribution in [0.5, 0.6) is 17.2 Å². The summed E-state index contributed by atoms with van der Waals surface area (Å²) in [6, 6.07) is 11.0. The minimum absolute atomic E-state index is 0.170. The number of alkyl halides is 3. The Hall–Kier alpha value is -3.51. The molecule has 0 spiro atoms. The number of aromatic amines is 1. The molecule has 0 radical (unpaired) electrons. The van der Waals surface area contributed by atoms with E-state index in [0.717, 1.165) is 0 Å². The third kappa shape index (κ3) is 4.46. The van der Waals surface area contributed by atoms with E-state index in [1.165, 1.54) is 12.1 Å². The molecule has 0 saturated heterocycles. The molecule has 2 N–H and O–H groups in total. The second-order valence-corrected chi connectivity index (χ2v) is 8.52. The molecule has 2 aromatic carbocycles. The van der Waals surface area contributed by atoms with Crippen molar-refractivity contribution in [2.24, 2.45) is 0 Å². The lowest BCUT2D eigenvalue weighted by atomic mass is 10.1. The van der Waals surface area contributed by atoms with Crippen LogP contribution in [-0.2, 0) is 0 Å². The highest BCUT2D eigenvalue weighted by Crippen LogP contribution is 2.44. The highest BCUT2D eigenvalue weighted by Gasteiger charge is 2.33. The molecule has 4 aromatic rings. The van der Waals surface area contributed by atoms with Crippen LogP contribution < -0.4 is 19.1 Å². The number of pyridine rings is 1. The summed E-state index contributed by atoms with van der Waals surface area (Å²) in [6.07, 6.45) is -3.23. The monoisotopic (exact) mass is 550 g/mol. The number of aromatic nitrogens is 3. The average molecular weight is 551 g/mol. The number of hydrogen-bond donors (Lipinski definition) is 2. The number of hydrogen-bond acceptors (Lipinski definition) is 7. The number of aliphatic hydroxyl groups excluding tert-OH is 1. The largest absolute Gasteiger partial charge is 0.573 e. The minimum Gasteiger partial charge on any atom is -0.495 e. The summed E-state index contributed by atoms with van der Waals surface area (Å²) < 4.78 is 53.7.